The van der Waals surface area contributed by atoms with Gasteiger partial charge in [0.1, 0.15) is 0 Å². The van der Waals surface area contributed by atoms with E-state index in [1.807, 2.05) is 10.8 Å². The molecule has 2 heterocycles. The molecule has 0 bridgehead atoms. The van der Waals surface area contributed by atoms with E-state index in [4.69, 9.17) is 0 Å². The van der Waals surface area contributed by atoms with Crippen molar-refractivity contribution in [1.29, 1.82) is 0 Å². The van der Waals surface area contributed by atoms with Crippen molar-refractivity contribution >= 4 is 23.2 Å². The van der Waals surface area contributed by atoms with E-state index in [2.05, 4.69) is 15.5 Å². The molecule has 23 heavy (non-hydrogen) atoms. The first-order valence-corrected chi connectivity index (χ1v) is 9.49. The van der Waals surface area contributed by atoms with E-state index in [0.29, 0.717) is 24.9 Å². The van der Waals surface area contributed by atoms with Crippen LogP contribution >= 0.6 is 11.3 Å². The van der Waals surface area contributed by atoms with Crippen LogP contribution in [-0.2, 0) is 4.79 Å². The number of rotatable bonds is 9. The highest BCUT2D eigenvalue weighted by Gasteiger charge is 2.09. The van der Waals surface area contributed by atoms with Crippen LogP contribution in [0.3, 0.4) is 0 Å². The Balaban J connectivity index is 1.44. The number of thiophene rings is 1. The zero-order chi connectivity index (χ0) is 16.3. The molecule has 1 fully saturated rings. The lowest BCUT2D eigenvalue weighted by Crippen LogP contribution is -2.33. The molecule has 0 saturated carbocycles. The van der Waals surface area contributed by atoms with Gasteiger partial charge < -0.3 is 15.5 Å². The first-order valence-electron chi connectivity index (χ1n) is 8.55. The van der Waals surface area contributed by atoms with E-state index < -0.39 is 0 Å². The molecule has 2 amide bonds. The van der Waals surface area contributed by atoms with Crippen molar-refractivity contribution in [3.05, 3.63) is 22.4 Å². The maximum Gasteiger partial charge on any atom is 0.252 e. The quantitative estimate of drug-likeness (QED) is 0.680. The summed E-state index contributed by atoms with van der Waals surface area (Å²) < 4.78 is 0. The third-order valence-corrected chi connectivity index (χ3v) is 4.75. The summed E-state index contributed by atoms with van der Waals surface area (Å²) in [5.41, 5.74) is 0.692. The van der Waals surface area contributed by atoms with E-state index >= 15 is 0 Å². The number of carbonyl (C=O) groups excluding carboxylic acids is 2. The summed E-state index contributed by atoms with van der Waals surface area (Å²) >= 11 is 1.50. The minimum absolute atomic E-state index is 0.0619. The van der Waals surface area contributed by atoms with Crippen molar-refractivity contribution in [3.63, 3.8) is 0 Å². The summed E-state index contributed by atoms with van der Waals surface area (Å²) in [6, 6.07) is 1.80. The van der Waals surface area contributed by atoms with E-state index in [1.165, 1.54) is 43.7 Å². The molecule has 2 rings (SSSR count). The standard InChI is InChI=1S/C17H27N3O2S/c21-16(18-9-5-12-20-10-2-1-3-11-20)6-4-8-19-17(22)15-7-13-23-14-15/h7,13-14H,1-6,8-12H2,(H,18,21)(H,19,22). The highest BCUT2D eigenvalue weighted by Crippen LogP contribution is 2.08. The van der Waals surface area contributed by atoms with E-state index in [0.717, 1.165) is 19.5 Å². The second-order valence-corrected chi connectivity index (χ2v) is 6.76. The van der Waals surface area contributed by atoms with E-state index in [1.54, 1.807) is 6.07 Å². The summed E-state index contributed by atoms with van der Waals surface area (Å²) in [6.45, 7) is 4.78. The van der Waals surface area contributed by atoms with Crippen LogP contribution in [0.4, 0.5) is 0 Å². The second-order valence-electron chi connectivity index (χ2n) is 5.98. The van der Waals surface area contributed by atoms with Gasteiger partial charge in [-0.1, -0.05) is 6.42 Å². The van der Waals surface area contributed by atoms with Gasteiger partial charge in [-0.3, -0.25) is 9.59 Å². The van der Waals surface area contributed by atoms with Gasteiger partial charge in [0.05, 0.1) is 0 Å². The van der Waals surface area contributed by atoms with E-state index in [-0.39, 0.29) is 11.8 Å². The minimum atomic E-state index is -0.0619. The van der Waals surface area contributed by atoms with Crippen molar-refractivity contribution < 1.29 is 9.59 Å². The predicted molar refractivity (Wildman–Crippen MR) is 93.8 cm³/mol. The molecule has 1 saturated heterocycles. The number of likely N-dealkylation sites (tertiary alicyclic amines) is 1. The summed E-state index contributed by atoms with van der Waals surface area (Å²) in [4.78, 5) is 25.9. The Morgan fingerprint density at radius 2 is 1.87 bits per heavy atom. The zero-order valence-electron chi connectivity index (χ0n) is 13.7. The normalized spacial score (nSPS) is 15.3. The Labute approximate surface area is 142 Å². The SMILES string of the molecule is O=C(CCCNC(=O)c1ccsc1)NCCCN1CCCCC1. The van der Waals surface area contributed by atoms with Crippen LogP contribution in [0.25, 0.3) is 0 Å². The highest BCUT2D eigenvalue weighted by atomic mass is 32.1. The lowest BCUT2D eigenvalue weighted by molar-refractivity contribution is -0.121. The number of nitrogens with zero attached hydrogens (tertiary/aromatic N) is 1. The number of nitrogens with one attached hydrogen (secondary N) is 2. The monoisotopic (exact) mass is 337 g/mol. The molecule has 1 aromatic rings. The Hall–Kier alpha value is -1.40. The van der Waals surface area contributed by atoms with Gasteiger partial charge in [0.2, 0.25) is 5.91 Å². The maximum atomic E-state index is 11.7. The number of carbonyl (C=O) groups is 2. The number of hydrogen-bond donors (Lipinski definition) is 2. The molecule has 128 valence electrons. The summed E-state index contributed by atoms with van der Waals surface area (Å²) in [7, 11) is 0. The van der Waals surface area contributed by atoms with Crippen LogP contribution in [0, 0.1) is 0 Å². The van der Waals surface area contributed by atoms with Gasteiger partial charge in [-0.15, -0.1) is 0 Å². The van der Waals surface area contributed by atoms with Crippen LogP contribution in [0.1, 0.15) is 48.9 Å². The van der Waals surface area contributed by atoms with Crippen molar-refractivity contribution in [2.24, 2.45) is 0 Å². The molecule has 0 radical (unpaired) electrons. The first-order chi connectivity index (χ1) is 11.3. The van der Waals surface area contributed by atoms with Crippen LogP contribution in [0.2, 0.25) is 0 Å². The summed E-state index contributed by atoms with van der Waals surface area (Å²) in [5.74, 6) is 0.0154. The fourth-order valence-corrected chi connectivity index (χ4v) is 3.38. The molecule has 1 aliphatic heterocycles. The molecular formula is C17H27N3O2S. The molecule has 1 aliphatic rings. The third kappa shape index (κ3) is 7.14. The lowest BCUT2D eigenvalue weighted by atomic mass is 10.1. The summed E-state index contributed by atoms with van der Waals surface area (Å²) in [6.07, 6.45) is 6.13. The minimum Gasteiger partial charge on any atom is -0.356 e. The fourth-order valence-electron chi connectivity index (χ4n) is 2.75. The Morgan fingerprint density at radius 3 is 2.61 bits per heavy atom. The molecular weight excluding hydrogens is 310 g/mol. The summed E-state index contributed by atoms with van der Waals surface area (Å²) in [5, 5.41) is 9.50. The van der Waals surface area contributed by atoms with Crippen molar-refractivity contribution in [3.8, 4) is 0 Å². The second kappa shape index (κ2) is 10.4. The molecule has 5 nitrogen and oxygen atoms in total. The van der Waals surface area contributed by atoms with Gasteiger partial charge in [-0.25, -0.2) is 0 Å². The smallest absolute Gasteiger partial charge is 0.252 e. The number of amides is 2. The fraction of sp³-hybridized carbons (Fsp3) is 0.647. The molecule has 0 aliphatic carbocycles. The molecule has 0 spiro atoms. The van der Waals surface area contributed by atoms with Gasteiger partial charge in [-0.2, -0.15) is 11.3 Å². The van der Waals surface area contributed by atoms with Crippen LogP contribution in [0.15, 0.2) is 16.8 Å². The van der Waals surface area contributed by atoms with Crippen LogP contribution in [-0.4, -0.2) is 49.4 Å². The lowest BCUT2D eigenvalue weighted by Gasteiger charge is -2.26. The van der Waals surface area contributed by atoms with Crippen LogP contribution < -0.4 is 10.6 Å². The first kappa shape index (κ1) is 17.9. The molecule has 1 aromatic heterocycles. The Morgan fingerprint density at radius 1 is 1.09 bits per heavy atom. The van der Waals surface area contributed by atoms with E-state index in [9.17, 15) is 9.59 Å². The zero-order valence-corrected chi connectivity index (χ0v) is 14.5. The number of hydrogen-bond acceptors (Lipinski definition) is 4. The van der Waals surface area contributed by atoms with Crippen molar-refractivity contribution in [2.45, 2.75) is 38.5 Å². The maximum absolute atomic E-state index is 11.7. The van der Waals surface area contributed by atoms with Gasteiger partial charge >= 0.3 is 0 Å². The van der Waals surface area contributed by atoms with Gasteiger partial charge in [0, 0.05) is 30.5 Å². The molecule has 0 aromatic carbocycles. The van der Waals surface area contributed by atoms with Gasteiger partial charge in [0.25, 0.3) is 5.91 Å². The molecule has 0 unspecified atom stereocenters. The largest absolute Gasteiger partial charge is 0.356 e. The van der Waals surface area contributed by atoms with Crippen molar-refractivity contribution in [2.75, 3.05) is 32.7 Å². The average Bonchev–Trinajstić information content (AvgIpc) is 3.11. The van der Waals surface area contributed by atoms with Gasteiger partial charge in [-0.05, 0) is 56.8 Å². The number of piperidine rings is 1. The molecule has 0 atom stereocenters. The van der Waals surface area contributed by atoms with Gasteiger partial charge in [0.15, 0.2) is 0 Å². The highest BCUT2D eigenvalue weighted by molar-refractivity contribution is 7.08. The molecule has 6 heteroatoms. The van der Waals surface area contributed by atoms with Crippen molar-refractivity contribution in [1.82, 2.24) is 15.5 Å². The topological polar surface area (TPSA) is 61.4 Å². The average molecular weight is 337 g/mol. The predicted octanol–water partition coefficient (Wildman–Crippen LogP) is 2.25. The Kier molecular flexibility index (Phi) is 8.11. The molecule has 2 N–H and O–H groups in total. The Bertz CT molecular complexity index is 470. The third-order valence-electron chi connectivity index (χ3n) is 4.07. The van der Waals surface area contributed by atoms with Crippen LogP contribution in [0.5, 0.6) is 0 Å².